The van der Waals surface area contributed by atoms with Gasteiger partial charge in [0.1, 0.15) is 0 Å². The summed E-state index contributed by atoms with van der Waals surface area (Å²) in [7, 11) is 2.02. The molecule has 7 atom stereocenters. The molecule has 24 heavy (non-hydrogen) atoms. The standard InChI is InChI=1S/C20H32N2O2/c1-12-11-15(21-24)20(3)9-7-14-13(18(12)20)5-6-16-19(14,2)10-8-17(23)22(16)4/h12-14,16,18,24H,5-11H2,1-4H3/b21-15-/t12-,13-,14+,16-,18+,19-,20-/m1/s1. The maximum Gasteiger partial charge on any atom is 0.222 e. The molecule has 0 aromatic heterocycles. The molecule has 4 aliphatic rings. The van der Waals surface area contributed by atoms with E-state index >= 15 is 0 Å². The van der Waals surface area contributed by atoms with Gasteiger partial charge in [0.15, 0.2) is 0 Å². The summed E-state index contributed by atoms with van der Waals surface area (Å²) in [6, 6.07) is 0.423. The number of nitrogens with zero attached hydrogens (tertiary/aromatic N) is 2. The van der Waals surface area contributed by atoms with Gasteiger partial charge in [-0.1, -0.05) is 25.9 Å². The van der Waals surface area contributed by atoms with Gasteiger partial charge in [-0.2, -0.15) is 0 Å². The van der Waals surface area contributed by atoms with Gasteiger partial charge in [-0.25, -0.2) is 0 Å². The number of hydrogen-bond acceptors (Lipinski definition) is 3. The first-order valence-electron chi connectivity index (χ1n) is 9.80. The predicted molar refractivity (Wildman–Crippen MR) is 93.9 cm³/mol. The van der Waals surface area contributed by atoms with E-state index in [2.05, 4.69) is 30.8 Å². The van der Waals surface area contributed by atoms with Crippen molar-refractivity contribution < 1.29 is 10.0 Å². The van der Waals surface area contributed by atoms with Crippen LogP contribution in [0.25, 0.3) is 0 Å². The van der Waals surface area contributed by atoms with Crippen LogP contribution in [-0.2, 0) is 4.79 Å². The number of amides is 1. The number of rotatable bonds is 0. The molecule has 0 radical (unpaired) electrons. The lowest BCUT2D eigenvalue weighted by Crippen LogP contribution is -2.61. The largest absolute Gasteiger partial charge is 0.411 e. The third-order valence-corrected chi connectivity index (χ3v) is 8.72. The van der Waals surface area contributed by atoms with E-state index in [1.54, 1.807) is 0 Å². The normalized spacial score (nSPS) is 52.8. The van der Waals surface area contributed by atoms with E-state index in [4.69, 9.17) is 0 Å². The Morgan fingerprint density at radius 1 is 1.21 bits per heavy atom. The van der Waals surface area contributed by atoms with Gasteiger partial charge in [-0.05, 0) is 67.6 Å². The maximum absolute atomic E-state index is 12.2. The third-order valence-electron chi connectivity index (χ3n) is 8.72. The summed E-state index contributed by atoms with van der Waals surface area (Å²) in [5.41, 5.74) is 1.40. The van der Waals surface area contributed by atoms with E-state index in [-0.39, 0.29) is 10.8 Å². The molecule has 1 saturated heterocycles. The number of hydrogen-bond donors (Lipinski definition) is 1. The van der Waals surface area contributed by atoms with Crippen LogP contribution in [0.3, 0.4) is 0 Å². The second kappa shape index (κ2) is 5.22. The number of carbonyl (C=O) groups is 1. The Morgan fingerprint density at radius 2 is 1.96 bits per heavy atom. The van der Waals surface area contributed by atoms with Crippen molar-refractivity contribution in [3.05, 3.63) is 0 Å². The van der Waals surface area contributed by atoms with E-state index in [1.165, 1.54) is 12.8 Å². The third kappa shape index (κ3) is 1.91. The number of likely N-dealkylation sites (tertiary alicyclic amines) is 1. The number of piperidine rings is 1. The van der Waals surface area contributed by atoms with Gasteiger partial charge < -0.3 is 10.1 Å². The Hall–Kier alpha value is -1.06. The van der Waals surface area contributed by atoms with Gasteiger partial charge in [0, 0.05) is 24.9 Å². The summed E-state index contributed by atoms with van der Waals surface area (Å²) in [5, 5.41) is 13.2. The van der Waals surface area contributed by atoms with Gasteiger partial charge >= 0.3 is 0 Å². The van der Waals surface area contributed by atoms with E-state index < -0.39 is 0 Å². The highest BCUT2D eigenvalue weighted by atomic mass is 16.4. The van der Waals surface area contributed by atoms with Crippen molar-refractivity contribution in [2.75, 3.05) is 7.05 Å². The van der Waals surface area contributed by atoms with E-state index in [0.29, 0.717) is 36.1 Å². The number of fused-ring (bicyclic) bond motifs is 5. The summed E-state index contributed by atoms with van der Waals surface area (Å²) >= 11 is 0. The zero-order valence-corrected chi connectivity index (χ0v) is 15.6. The minimum absolute atomic E-state index is 0.0922. The molecule has 3 saturated carbocycles. The summed E-state index contributed by atoms with van der Waals surface area (Å²) in [5.74, 6) is 3.02. The van der Waals surface area contributed by atoms with Crippen molar-refractivity contribution in [1.82, 2.24) is 4.90 Å². The highest BCUT2D eigenvalue weighted by molar-refractivity contribution is 5.92. The van der Waals surface area contributed by atoms with Crippen molar-refractivity contribution in [2.45, 2.75) is 71.8 Å². The second-order valence-electron chi connectivity index (χ2n) is 9.58. The van der Waals surface area contributed by atoms with Crippen LogP contribution in [0.4, 0.5) is 0 Å². The SMILES string of the molecule is C[C@@H]1C/C(=N/O)[C@@]2(C)CC[C@H]3[C@@H](CC[C@H]4N(C)C(=O)CC[C@]34C)[C@H]12. The molecular weight excluding hydrogens is 300 g/mol. The predicted octanol–water partition coefficient (Wildman–Crippen LogP) is 3.93. The van der Waals surface area contributed by atoms with Gasteiger partial charge in [-0.3, -0.25) is 4.79 Å². The Kier molecular flexibility index (Phi) is 3.57. The van der Waals surface area contributed by atoms with Gasteiger partial charge in [0.2, 0.25) is 5.91 Å². The van der Waals surface area contributed by atoms with Crippen molar-refractivity contribution in [2.24, 2.45) is 39.7 Å². The van der Waals surface area contributed by atoms with E-state index in [1.807, 2.05) is 7.05 Å². The van der Waals surface area contributed by atoms with Gasteiger partial charge in [0.05, 0.1) is 5.71 Å². The van der Waals surface area contributed by atoms with Crippen LogP contribution in [-0.4, -0.2) is 34.8 Å². The molecular formula is C20H32N2O2. The molecule has 1 N–H and O–H groups in total. The Bertz CT molecular complexity index is 588. The Balaban J connectivity index is 1.69. The molecule has 4 fully saturated rings. The lowest BCUT2D eigenvalue weighted by atomic mass is 9.46. The van der Waals surface area contributed by atoms with Gasteiger partial charge in [-0.15, -0.1) is 0 Å². The fourth-order valence-corrected chi connectivity index (χ4v) is 7.61. The van der Waals surface area contributed by atoms with Crippen molar-refractivity contribution in [1.29, 1.82) is 0 Å². The summed E-state index contributed by atoms with van der Waals surface area (Å²) in [6.07, 6.45) is 7.46. The average molecular weight is 332 g/mol. The summed E-state index contributed by atoms with van der Waals surface area (Å²) in [4.78, 5) is 14.3. The highest BCUT2D eigenvalue weighted by Gasteiger charge is 2.62. The molecule has 134 valence electrons. The fraction of sp³-hybridized carbons (Fsp3) is 0.900. The van der Waals surface area contributed by atoms with Crippen molar-refractivity contribution in [3.63, 3.8) is 0 Å². The summed E-state index contributed by atoms with van der Waals surface area (Å²) < 4.78 is 0. The van der Waals surface area contributed by atoms with Crippen LogP contribution in [0.2, 0.25) is 0 Å². The lowest BCUT2D eigenvalue weighted by molar-refractivity contribution is -0.156. The zero-order valence-electron chi connectivity index (χ0n) is 15.6. The molecule has 0 aromatic carbocycles. The molecule has 4 nitrogen and oxygen atoms in total. The second-order valence-corrected chi connectivity index (χ2v) is 9.58. The molecule has 1 amide bonds. The first kappa shape index (κ1) is 16.4. The van der Waals surface area contributed by atoms with Crippen LogP contribution in [0.1, 0.15) is 65.7 Å². The molecule has 4 rings (SSSR count). The topological polar surface area (TPSA) is 52.9 Å². The van der Waals surface area contributed by atoms with Crippen LogP contribution >= 0.6 is 0 Å². The average Bonchev–Trinajstić information content (AvgIpc) is 2.82. The van der Waals surface area contributed by atoms with Gasteiger partial charge in [0.25, 0.3) is 0 Å². The molecule has 1 heterocycles. The Morgan fingerprint density at radius 3 is 2.67 bits per heavy atom. The smallest absolute Gasteiger partial charge is 0.222 e. The van der Waals surface area contributed by atoms with Crippen LogP contribution < -0.4 is 0 Å². The zero-order chi connectivity index (χ0) is 17.3. The fourth-order valence-electron chi connectivity index (χ4n) is 7.61. The molecule has 4 heteroatoms. The highest BCUT2D eigenvalue weighted by Crippen LogP contribution is 2.65. The minimum Gasteiger partial charge on any atom is -0.411 e. The molecule has 1 aliphatic heterocycles. The summed E-state index contributed by atoms with van der Waals surface area (Å²) in [6.45, 7) is 7.16. The molecule has 0 aromatic rings. The Labute approximate surface area is 145 Å². The molecule has 0 unspecified atom stereocenters. The van der Waals surface area contributed by atoms with E-state index in [0.717, 1.165) is 37.3 Å². The van der Waals surface area contributed by atoms with Crippen LogP contribution in [0, 0.1) is 34.5 Å². The number of oxime groups is 1. The molecule has 3 aliphatic carbocycles. The van der Waals surface area contributed by atoms with Crippen LogP contribution in [0.15, 0.2) is 5.16 Å². The molecule has 0 spiro atoms. The minimum atomic E-state index is 0.0922. The van der Waals surface area contributed by atoms with E-state index in [9.17, 15) is 10.0 Å². The van der Waals surface area contributed by atoms with Crippen molar-refractivity contribution >= 4 is 11.6 Å². The molecule has 0 bridgehead atoms. The first-order chi connectivity index (χ1) is 11.3. The maximum atomic E-state index is 12.2. The number of carbonyl (C=O) groups excluding carboxylic acids is 1. The quantitative estimate of drug-likeness (QED) is 0.540. The van der Waals surface area contributed by atoms with Crippen molar-refractivity contribution in [3.8, 4) is 0 Å². The lowest BCUT2D eigenvalue weighted by Gasteiger charge is -2.61. The monoisotopic (exact) mass is 332 g/mol. The van der Waals surface area contributed by atoms with Crippen LogP contribution in [0.5, 0.6) is 0 Å². The first-order valence-corrected chi connectivity index (χ1v) is 9.80.